The molecule has 0 atom stereocenters. The number of halogens is 1. The summed E-state index contributed by atoms with van der Waals surface area (Å²) < 4.78 is 0. The van der Waals surface area contributed by atoms with Crippen LogP contribution in [0.4, 0.5) is 0 Å². The van der Waals surface area contributed by atoms with Gasteiger partial charge in [-0.3, -0.25) is 0 Å². The van der Waals surface area contributed by atoms with Crippen LogP contribution in [0, 0.1) is 6.92 Å². The number of nitrogens with one attached hydrogen (secondary N) is 1. The third kappa shape index (κ3) is 4.61. The quantitative estimate of drug-likeness (QED) is 0.670. The summed E-state index contributed by atoms with van der Waals surface area (Å²) in [5, 5.41) is 4.27. The Morgan fingerprint density at radius 3 is 2.70 bits per heavy atom. The van der Waals surface area contributed by atoms with Gasteiger partial charge in [0.15, 0.2) is 0 Å². The van der Waals surface area contributed by atoms with Gasteiger partial charge < -0.3 is 5.32 Å². The molecule has 0 radical (unpaired) electrons. The molecule has 0 saturated heterocycles. The zero-order valence-corrected chi connectivity index (χ0v) is 14.5. The van der Waals surface area contributed by atoms with Crippen LogP contribution in [0.5, 0.6) is 0 Å². The van der Waals surface area contributed by atoms with Crippen molar-refractivity contribution in [2.45, 2.75) is 19.9 Å². The monoisotopic (exact) mass is 343 g/mol. The highest BCUT2D eigenvalue weighted by Crippen LogP contribution is 2.26. The Balaban J connectivity index is 1.50. The molecule has 3 nitrogen and oxygen atoms in total. The lowest BCUT2D eigenvalue weighted by molar-refractivity contribution is 0.693. The van der Waals surface area contributed by atoms with E-state index in [1.54, 1.807) is 17.5 Å². The summed E-state index contributed by atoms with van der Waals surface area (Å²) in [7, 11) is 0. The molecule has 0 amide bonds. The summed E-state index contributed by atoms with van der Waals surface area (Å²) in [4.78, 5) is 11.1. The maximum atomic E-state index is 5.89. The molecule has 0 bridgehead atoms. The van der Waals surface area contributed by atoms with Crippen LogP contribution in [-0.4, -0.2) is 16.5 Å². The lowest BCUT2D eigenvalue weighted by Crippen LogP contribution is -2.15. The number of hydrogen-bond acceptors (Lipinski definition) is 4. The molecule has 0 aliphatic heterocycles. The molecule has 0 aliphatic rings. The Labute approximate surface area is 145 Å². The van der Waals surface area contributed by atoms with E-state index < -0.39 is 0 Å². The standard InChI is InChI=1S/C18H18ClN3S/c1-13-21-11-9-17(22-13)18-7-6-16(23-18)12-20-10-8-14-2-4-15(19)5-3-14/h2-7,9,11,20H,8,10,12H2,1H3. The predicted molar refractivity (Wildman–Crippen MR) is 96.9 cm³/mol. The molecular weight excluding hydrogens is 326 g/mol. The molecule has 0 spiro atoms. The second-order valence-electron chi connectivity index (χ2n) is 5.31. The van der Waals surface area contributed by atoms with Crippen LogP contribution in [0.1, 0.15) is 16.3 Å². The number of thiophene rings is 1. The molecule has 2 heterocycles. The van der Waals surface area contributed by atoms with Crippen LogP contribution in [0.2, 0.25) is 5.02 Å². The largest absolute Gasteiger partial charge is 0.312 e. The van der Waals surface area contributed by atoms with Gasteiger partial charge in [0.25, 0.3) is 0 Å². The van der Waals surface area contributed by atoms with Gasteiger partial charge in [-0.15, -0.1) is 11.3 Å². The average Bonchev–Trinajstić information content (AvgIpc) is 3.02. The molecule has 0 unspecified atom stereocenters. The molecule has 0 fully saturated rings. The van der Waals surface area contributed by atoms with Crippen LogP contribution >= 0.6 is 22.9 Å². The van der Waals surface area contributed by atoms with E-state index in [1.165, 1.54) is 15.3 Å². The molecule has 0 saturated carbocycles. The van der Waals surface area contributed by atoms with Gasteiger partial charge >= 0.3 is 0 Å². The lowest BCUT2D eigenvalue weighted by atomic mass is 10.1. The highest BCUT2D eigenvalue weighted by atomic mass is 35.5. The highest BCUT2D eigenvalue weighted by Gasteiger charge is 2.04. The maximum absolute atomic E-state index is 5.89. The van der Waals surface area contributed by atoms with Crippen molar-refractivity contribution in [3.63, 3.8) is 0 Å². The first-order chi connectivity index (χ1) is 11.2. The van der Waals surface area contributed by atoms with Crippen molar-refractivity contribution in [3.8, 4) is 10.6 Å². The Kier molecular flexibility index (Phi) is 5.39. The van der Waals surface area contributed by atoms with Gasteiger partial charge in [0.1, 0.15) is 5.82 Å². The molecule has 118 valence electrons. The summed E-state index contributed by atoms with van der Waals surface area (Å²) in [6, 6.07) is 14.3. The first-order valence-corrected chi connectivity index (χ1v) is 8.74. The smallest absolute Gasteiger partial charge is 0.125 e. The number of rotatable bonds is 6. The third-order valence-electron chi connectivity index (χ3n) is 3.49. The van der Waals surface area contributed by atoms with Gasteiger partial charge in [0.05, 0.1) is 10.6 Å². The molecule has 1 aromatic carbocycles. The van der Waals surface area contributed by atoms with Crippen molar-refractivity contribution in [3.05, 3.63) is 69.9 Å². The normalized spacial score (nSPS) is 10.9. The molecule has 1 N–H and O–H groups in total. The topological polar surface area (TPSA) is 37.8 Å². The highest BCUT2D eigenvalue weighted by molar-refractivity contribution is 7.15. The molecule has 23 heavy (non-hydrogen) atoms. The zero-order chi connectivity index (χ0) is 16.1. The van der Waals surface area contributed by atoms with E-state index in [9.17, 15) is 0 Å². The van der Waals surface area contributed by atoms with Crippen LogP contribution < -0.4 is 5.32 Å². The molecular formula is C18H18ClN3S. The van der Waals surface area contributed by atoms with Crippen molar-refractivity contribution in [2.24, 2.45) is 0 Å². The average molecular weight is 344 g/mol. The van der Waals surface area contributed by atoms with E-state index >= 15 is 0 Å². The van der Waals surface area contributed by atoms with Crippen molar-refractivity contribution in [2.75, 3.05) is 6.54 Å². The number of aryl methyl sites for hydroxylation is 1. The van der Waals surface area contributed by atoms with E-state index in [1.807, 2.05) is 25.1 Å². The summed E-state index contributed by atoms with van der Waals surface area (Å²) in [5.41, 5.74) is 2.29. The van der Waals surface area contributed by atoms with E-state index in [0.717, 1.165) is 36.1 Å². The first-order valence-electron chi connectivity index (χ1n) is 7.54. The van der Waals surface area contributed by atoms with Gasteiger partial charge in [-0.2, -0.15) is 0 Å². The summed E-state index contributed by atoms with van der Waals surface area (Å²) in [6.07, 6.45) is 2.81. The van der Waals surface area contributed by atoms with Crippen LogP contribution in [-0.2, 0) is 13.0 Å². The van der Waals surface area contributed by atoms with Crippen LogP contribution in [0.15, 0.2) is 48.7 Å². The minimum atomic E-state index is 0.785. The second-order valence-corrected chi connectivity index (χ2v) is 6.91. The molecule has 3 aromatic rings. The number of nitrogens with zero attached hydrogens (tertiary/aromatic N) is 2. The van der Waals surface area contributed by atoms with Gasteiger partial charge in [-0.05, 0) is 55.8 Å². The first kappa shape index (κ1) is 16.1. The van der Waals surface area contributed by atoms with Crippen molar-refractivity contribution >= 4 is 22.9 Å². The minimum absolute atomic E-state index is 0.785. The number of benzene rings is 1. The fraction of sp³-hybridized carbons (Fsp3) is 0.222. The Hall–Kier alpha value is -1.75. The second kappa shape index (κ2) is 7.68. The molecule has 0 aliphatic carbocycles. The number of aromatic nitrogens is 2. The van der Waals surface area contributed by atoms with Gasteiger partial charge in [0.2, 0.25) is 0 Å². The summed E-state index contributed by atoms with van der Waals surface area (Å²) >= 11 is 7.67. The minimum Gasteiger partial charge on any atom is -0.312 e. The summed E-state index contributed by atoms with van der Waals surface area (Å²) in [5.74, 6) is 0.804. The van der Waals surface area contributed by atoms with Crippen molar-refractivity contribution in [1.82, 2.24) is 15.3 Å². The number of hydrogen-bond donors (Lipinski definition) is 1. The Bertz CT molecular complexity index is 768. The van der Waals surface area contributed by atoms with Gasteiger partial charge in [-0.25, -0.2) is 9.97 Å². The fourth-order valence-corrected chi connectivity index (χ4v) is 3.37. The molecule has 3 rings (SSSR count). The van der Waals surface area contributed by atoms with Crippen molar-refractivity contribution in [1.29, 1.82) is 0 Å². The maximum Gasteiger partial charge on any atom is 0.125 e. The van der Waals surface area contributed by atoms with Crippen LogP contribution in [0.3, 0.4) is 0 Å². The molecule has 2 aromatic heterocycles. The van der Waals surface area contributed by atoms with Crippen molar-refractivity contribution < 1.29 is 0 Å². The van der Waals surface area contributed by atoms with E-state index in [4.69, 9.17) is 11.6 Å². The van der Waals surface area contributed by atoms with E-state index in [2.05, 4.69) is 39.6 Å². The van der Waals surface area contributed by atoms with E-state index in [-0.39, 0.29) is 0 Å². The zero-order valence-electron chi connectivity index (χ0n) is 12.9. The lowest BCUT2D eigenvalue weighted by Gasteiger charge is -2.03. The molecule has 5 heteroatoms. The predicted octanol–water partition coefficient (Wildman–Crippen LogP) is 4.50. The fourth-order valence-electron chi connectivity index (χ4n) is 2.30. The van der Waals surface area contributed by atoms with E-state index in [0.29, 0.717) is 0 Å². The van der Waals surface area contributed by atoms with Crippen LogP contribution in [0.25, 0.3) is 10.6 Å². The summed E-state index contributed by atoms with van der Waals surface area (Å²) in [6.45, 7) is 3.74. The Morgan fingerprint density at radius 1 is 1.09 bits per heavy atom. The SMILES string of the molecule is Cc1nccc(-c2ccc(CNCCc3ccc(Cl)cc3)s2)n1. The van der Waals surface area contributed by atoms with Gasteiger partial charge in [-0.1, -0.05) is 23.7 Å². The van der Waals surface area contributed by atoms with Gasteiger partial charge in [0, 0.05) is 22.6 Å². The third-order valence-corrected chi connectivity index (χ3v) is 4.85. The Morgan fingerprint density at radius 2 is 1.91 bits per heavy atom.